The lowest BCUT2D eigenvalue weighted by Crippen LogP contribution is -2.48. The number of imidazole rings is 1. The van der Waals surface area contributed by atoms with Crippen LogP contribution >= 0.6 is 0 Å². The van der Waals surface area contributed by atoms with E-state index in [9.17, 15) is 4.79 Å². The van der Waals surface area contributed by atoms with E-state index in [1.807, 2.05) is 29.3 Å². The van der Waals surface area contributed by atoms with E-state index >= 15 is 4.39 Å². The van der Waals surface area contributed by atoms with Gasteiger partial charge in [0.15, 0.2) is 5.82 Å². The van der Waals surface area contributed by atoms with Crippen molar-refractivity contribution >= 4 is 16.9 Å². The van der Waals surface area contributed by atoms with Crippen LogP contribution in [-0.4, -0.2) is 66.8 Å². The number of pyridine rings is 1. The largest absolute Gasteiger partial charge is 0.342 e. The van der Waals surface area contributed by atoms with Gasteiger partial charge in [0.05, 0.1) is 16.7 Å². The number of benzene rings is 1. The van der Waals surface area contributed by atoms with Gasteiger partial charge in [-0.15, -0.1) is 0 Å². The number of hydrogen-bond donors (Lipinski definition) is 1. The SMILES string of the molecule is O=C(C1CC1)N1CCN(Cc2ccnc(Cc3nc4ccc(-c5ncnc(CC6CC6)c5F)cc4[nH]3)c2)CC1. The van der Waals surface area contributed by atoms with Crippen molar-refractivity contribution in [2.75, 3.05) is 26.2 Å². The smallest absolute Gasteiger partial charge is 0.225 e. The van der Waals surface area contributed by atoms with E-state index in [-0.39, 0.29) is 5.82 Å². The third-order valence-electron chi connectivity index (χ3n) is 8.09. The number of rotatable bonds is 8. The third-order valence-corrected chi connectivity index (χ3v) is 8.09. The standard InChI is InChI=1S/C30H32FN7O/c31-28-26(14-19-1-2-19)33-18-34-29(28)22-5-6-24-25(15-22)36-27(35-24)16-23-13-20(7-8-32-23)17-37-9-11-38(12-10-37)30(39)21-3-4-21/h5-8,13,15,18-19,21H,1-4,9-12,14,16-17H2,(H,35,36). The summed E-state index contributed by atoms with van der Waals surface area (Å²) in [4.78, 5) is 37.9. The number of aromatic amines is 1. The number of nitrogens with zero attached hydrogens (tertiary/aromatic N) is 6. The molecule has 39 heavy (non-hydrogen) atoms. The van der Waals surface area contributed by atoms with Crippen molar-refractivity contribution in [3.05, 3.63) is 71.4 Å². The van der Waals surface area contributed by atoms with E-state index < -0.39 is 0 Å². The van der Waals surface area contributed by atoms with Crippen molar-refractivity contribution in [1.82, 2.24) is 34.7 Å². The molecule has 1 saturated heterocycles. The number of amides is 1. The highest BCUT2D eigenvalue weighted by Crippen LogP contribution is 2.34. The van der Waals surface area contributed by atoms with E-state index in [0.717, 1.165) is 81.0 Å². The van der Waals surface area contributed by atoms with E-state index in [4.69, 9.17) is 4.98 Å². The Morgan fingerprint density at radius 2 is 1.85 bits per heavy atom. The molecule has 3 fully saturated rings. The maximum absolute atomic E-state index is 15.2. The van der Waals surface area contributed by atoms with Crippen LogP contribution < -0.4 is 0 Å². The molecule has 0 unspecified atom stereocenters. The maximum Gasteiger partial charge on any atom is 0.225 e. The van der Waals surface area contributed by atoms with E-state index in [2.05, 4.69) is 37.0 Å². The first kappa shape index (κ1) is 24.3. The summed E-state index contributed by atoms with van der Waals surface area (Å²) in [6, 6.07) is 9.89. The molecule has 1 aromatic carbocycles. The van der Waals surface area contributed by atoms with Gasteiger partial charge >= 0.3 is 0 Å². The lowest BCUT2D eigenvalue weighted by atomic mass is 10.1. The lowest BCUT2D eigenvalue weighted by molar-refractivity contribution is -0.134. The summed E-state index contributed by atoms with van der Waals surface area (Å²) >= 11 is 0. The summed E-state index contributed by atoms with van der Waals surface area (Å²) in [6.07, 6.45) is 9.01. The second-order valence-electron chi connectivity index (χ2n) is 11.3. The fourth-order valence-electron chi connectivity index (χ4n) is 5.51. The highest BCUT2D eigenvalue weighted by Gasteiger charge is 2.34. The number of carbonyl (C=O) groups excluding carboxylic acids is 1. The fourth-order valence-corrected chi connectivity index (χ4v) is 5.51. The Morgan fingerprint density at radius 3 is 2.64 bits per heavy atom. The van der Waals surface area contributed by atoms with Crippen LogP contribution in [0, 0.1) is 17.7 Å². The number of fused-ring (bicyclic) bond motifs is 1. The van der Waals surface area contributed by atoms with Gasteiger partial charge in [-0.25, -0.2) is 19.3 Å². The average molecular weight is 526 g/mol. The molecule has 1 aliphatic heterocycles. The van der Waals surface area contributed by atoms with Crippen LogP contribution in [0.2, 0.25) is 0 Å². The number of piperazine rings is 1. The zero-order valence-corrected chi connectivity index (χ0v) is 21.9. The van der Waals surface area contributed by atoms with E-state index in [1.165, 1.54) is 11.9 Å². The van der Waals surface area contributed by atoms with Gasteiger partial charge in [0.2, 0.25) is 5.91 Å². The molecule has 0 radical (unpaired) electrons. The Hall–Kier alpha value is -3.72. The van der Waals surface area contributed by atoms with E-state index in [1.54, 1.807) is 0 Å². The zero-order valence-electron chi connectivity index (χ0n) is 21.9. The maximum atomic E-state index is 15.2. The third kappa shape index (κ3) is 5.41. The molecular weight excluding hydrogens is 493 g/mol. The first-order chi connectivity index (χ1) is 19.1. The van der Waals surface area contributed by atoms with Crippen molar-refractivity contribution in [1.29, 1.82) is 0 Å². The molecule has 9 heteroatoms. The van der Waals surface area contributed by atoms with Crippen LogP contribution in [0.5, 0.6) is 0 Å². The van der Waals surface area contributed by atoms with Crippen molar-refractivity contribution < 1.29 is 9.18 Å². The molecule has 0 spiro atoms. The Morgan fingerprint density at radius 1 is 1.00 bits per heavy atom. The number of hydrogen-bond acceptors (Lipinski definition) is 6. The van der Waals surface area contributed by atoms with Crippen LogP contribution in [0.25, 0.3) is 22.3 Å². The highest BCUT2D eigenvalue weighted by molar-refractivity contribution is 5.82. The number of aromatic nitrogens is 5. The highest BCUT2D eigenvalue weighted by atomic mass is 19.1. The Balaban J connectivity index is 1.02. The number of nitrogens with one attached hydrogen (secondary N) is 1. The molecule has 1 amide bonds. The number of carbonyl (C=O) groups is 1. The van der Waals surface area contributed by atoms with Gasteiger partial charge in [0.1, 0.15) is 17.8 Å². The topological polar surface area (TPSA) is 90.9 Å². The van der Waals surface area contributed by atoms with E-state index in [0.29, 0.717) is 47.5 Å². The van der Waals surface area contributed by atoms with Crippen LogP contribution in [0.1, 0.15) is 48.5 Å². The molecule has 0 bridgehead atoms. The Labute approximate surface area is 226 Å². The van der Waals surface area contributed by atoms with Gasteiger partial charge in [0.25, 0.3) is 0 Å². The zero-order chi connectivity index (χ0) is 26.3. The minimum atomic E-state index is -0.319. The summed E-state index contributed by atoms with van der Waals surface area (Å²) in [5, 5.41) is 0. The molecular formula is C30H32FN7O. The molecule has 4 aromatic rings. The van der Waals surface area contributed by atoms with Gasteiger partial charge in [-0.1, -0.05) is 6.07 Å². The molecule has 4 heterocycles. The predicted octanol–water partition coefficient (Wildman–Crippen LogP) is 4.15. The van der Waals surface area contributed by atoms with Crippen LogP contribution in [0.15, 0.2) is 42.9 Å². The molecule has 3 aromatic heterocycles. The van der Waals surface area contributed by atoms with Crippen molar-refractivity contribution in [2.24, 2.45) is 11.8 Å². The summed E-state index contributed by atoms with van der Waals surface area (Å²) in [7, 11) is 0. The summed E-state index contributed by atoms with van der Waals surface area (Å²) in [5.74, 6) is 1.69. The van der Waals surface area contributed by atoms with Crippen LogP contribution in [0.4, 0.5) is 4.39 Å². The van der Waals surface area contributed by atoms with Gasteiger partial charge < -0.3 is 9.88 Å². The summed E-state index contributed by atoms with van der Waals surface area (Å²) < 4.78 is 15.2. The second kappa shape index (κ2) is 10.1. The lowest BCUT2D eigenvalue weighted by Gasteiger charge is -2.35. The van der Waals surface area contributed by atoms with Gasteiger partial charge in [-0.2, -0.15) is 0 Å². The first-order valence-electron chi connectivity index (χ1n) is 14.0. The van der Waals surface area contributed by atoms with Gasteiger partial charge in [0, 0.05) is 62.5 Å². The number of H-pyrrole nitrogens is 1. The first-order valence-corrected chi connectivity index (χ1v) is 14.0. The second-order valence-corrected chi connectivity index (χ2v) is 11.3. The minimum Gasteiger partial charge on any atom is -0.342 e. The predicted molar refractivity (Wildman–Crippen MR) is 145 cm³/mol. The summed E-state index contributed by atoms with van der Waals surface area (Å²) in [5.41, 5.74) is 5.39. The molecule has 3 aliphatic rings. The Bertz CT molecular complexity index is 1520. The molecule has 7 rings (SSSR count). The Kier molecular flexibility index (Phi) is 6.31. The number of halogens is 1. The normalized spacial score (nSPS) is 18.1. The molecule has 2 aliphatic carbocycles. The molecule has 2 saturated carbocycles. The summed E-state index contributed by atoms with van der Waals surface area (Å²) in [6.45, 7) is 4.27. The van der Waals surface area contributed by atoms with Crippen molar-refractivity contribution in [2.45, 2.75) is 45.1 Å². The average Bonchev–Trinajstić information content (AvgIpc) is 3.88. The van der Waals surface area contributed by atoms with Gasteiger partial charge in [-0.3, -0.25) is 14.7 Å². The van der Waals surface area contributed by atoms with Crippen molar-refractivity contribution in [3.63, 3.8) is 0 Å². The quantitative estimate of drug-likeness (QED) is 0.372. The van der Waals surface area contributed by atoms with Crippen LogP contribution in [-0.2, 0) is 24.2 Å². The van der Waals surface area contributed by atoms with Gasteiger partial charge in [-0.05, 0) is 67.9 Å². The minimum absolute atomic E-state index is 0.294. The fraction of sp³-hybridized carbons (Fsp3) is 0.433. The van der Waals surface area contributed by atoms with Crippen molar-refractivity contribution in [3.8, 4) is 11.3 Å². The molecule has 200 valence electrons. The van der Waals surface area contributed by atoms with Crippen LogP contribution in [0.3, 0.4) is 0 Å². The molecule has 1 N–H and O–H groups in total. The molecule has 0 atom stereocenters. The molecule has 8 nitrogen and oxygen atoms in total. The monoisotopic (exact) mass is 525 g/mol.